The molecule has 0 aliphatic heterocycles. The van der Waals surface area contributed by atoms with E-state index in [1.165, 1.54) is 25.3 Å². The molecular weight excluding hydrogens is 449 g/mol. The summed E-state index contributed by atoms with van der Waals surface area (Å²) in [7, 11) is 1.53. The van der Waals surface area contributed by atoms with Gasteiger partial charge in [-0.25, -0.2) is 9.37 Å². The first-order valence-electron chi connectivity index (χ1n) is 9.73. The van der Waals surface area contributed by atoms with Gasteiger partial charge in [0, 0.05) is 28.2 Å². The number of ether oxygens (including phenoxy) is 1. The fraction of sp³-hybridized carbons (Fsp3) is 0.130. The molecule has 4 rings (SSSR count). The van der Waals surface area contributed by atoms with E-state index < -0.39 is 10.8 Å². The summed E-state index contributed by atoms with van der Waals surface area (Å²) in [5.41, 5.74) is 4.23. The van der Waals surface area contributed by atoms with E-state index in [4.69, 9.17) is 9.15 Å². The molecule has 33 heavy (non-hydrogen) atoms. The summed E-state index contributed by atoms with van der Waals surface area (Å²) in [6.45, 7) is 3.61. The van der Waals surface area contributed by atoms with Gasteiger partial charge in [0.05, 0.1) is 18.3 Å². The fourth-order valence-electron chi connectivity index (χ4n) is 3.55. The van der Waals surface area contributed by atoms with Crippen LogP contribution in [0, 0.1) is 22.9 Å². The second-order valence-corrected chi connectivity index (χ2v) is 8.20. The van der Waals surface area contributed by atoms with Crippen LogP contribution in [0.5, 0.6) is 5.75 Å². The minimum absolute atomic E-state index is 0.128. The number of fused-ring (bicyclic) bond motifs is 1. The highest BCUT2D eigenvalue weighted by atomic mass is 32.1. The summed E-state index contributed by atoms with van der Waals surface area (Å²) in [4.78, 5) is 26.6. The van der Waals surface area contributed by atoms with Gasteiger partial charge in [-0.15, -0.1) is 0 Å². The topological polar surface area (TPSA) is 108 Å². The number of aromatic nitrogens is 1. The molecule has 0 fully saturated rings. The number of hydrogen-bond acceptors (Lipinski definition) is 7. The Bertz CT molecular complexity index is 1410. The molecule has 0 atom stereocenters. The number of rotatable bonds is 6. The highest BCUT2D eigenvalue weighted by Crippen LogP contribution is 2.40. The molecule has 8 nitrogen and oxygen atoms in total. The van der Waals surface area contributed by atoms with E-state index in [0.29, 0.717) is 22.5 Å². The van der Waals surface area contributed by atoms with Crippen molar-refractivity contribution in [2.24, 2.45) is 0 Å². The van der Waals surface area contributed by atoms with E-state index in [9.17, 15) is 19.3 Å². The Hall–Kier alpha value is -4.05. The number of anilines is 1. The summed E-state index contributed by atoms with van der Waals surface area (Å²) in [5, 5.41) is 14.1. The van der Waals surface area contributed by atoms with Crippen molar-refractivity contribution >= 4 is 43.9 Å². The smallest absolute Gasteiger partial charge is 0.345 e. The van der Waals surface area contributed by atoms with Crippen LogP contribution in [0.25, 0.3) is 27.7 Å². The normalized spacial score (nSPS) is 11.6. The number of allylic oxidation sites excluding steroid dienone is 1. The van der Waals surface area contributed by atoms with Crippen LogP contribution in [-0.2, 0) is 4.79 Å². The van der Waals surface area contributed by atoms with Crippen molar-refractivity contribution in [1.82, 2.24) is 4.98 Å². The van der Waals surface area contributed by atoms with Crippen molar-refractivity contribution in [1.29, 1.82) is 0 Å². The number of halogens is 1. The molecule has 2 aromatic heterocycles. The lowest BCUT2D eigenvalue weighted by molar-refractivity contribution is -0.380. The Morgan fingerprint density at radius 3 is 2.70 bits per heavy atom. The van der Waals surface area contributed by atoms with E-state index >= 15 is 0 Å². The summed E-state index contributed by atoms with van der Waals surface area (Å²) >= 11 is 0.771. The second kappa shape index (κ2) is 8.83. The van der Waals surface area contributed by atoms with Crippen LogP contribution in [0.4, 0.5) is 14.5 Å². The van der Waals surface area contributed by atoms with E-state index in [1.54, 1.807) is 25.3 Å². The van der Waals surface area contributed by atoms with Gasteiger partial charge in [-0.05, 0) is 54.5 Å². The highest BCUT2D eigenvalue weighted by molar-refractivity contribution is 7.18. The zero-order valence-electron chi connectivity index (χ0n) is 17.8. The Morgan fingerprint density at radius 1 is 1.33 bits per heavy atom. The summed E-state index contributed by atoms with van der Waals surface area (Å²) in [6.07, 6.45) is 4.07. The fourth-order valence-corrected chi connectivity index (χ4v) is 4.18. The first-order valence-corrected chi connectivity index (χ1v) is 10.5. The van der Waals surface area contributed by atoms with Crippen LogP contribution >= 0.6 is 11.3 Å². The van der Waals surface area contributed by atoms with E-state index in [0.717, 1.165) is 39.6 Å². The molecule has 10 heteroatoms. The van der Waals surface area contributed by atoms with Crippen LogP contribution < -0.4 is 10.1 Å². The number of carbonyl (C=O) groups is 1. The highest BCUT2D eigenvalue weighted by Gasteiger charge is 2.19. The zero-order chi connectivity index (χ0) is 23.7. The molecule has 0 saturated heterocycles. The van der Waals surface area contributed by atoms with Gasteiger partial charge in [-0.2, -0.15) is 0 Å². The molecule has 4 aromatic rings. The van der Waals surface area contributed by atoms with Crippen LogP contribution in [-0.4, -0.2) is 22.9 Å². The quantitative estimate of drug-likeness (QED) is 0.213. The number of amides is 1. The maximum atomic E-state index is 13.4. The third-order valence-corrected chi connectivity index (χ3v) is 5.94. The number of benzene rings is 2. The van der Waals surface area contributed by atoms with Crippen LogP contribution in [0.1, 0.15) is 18.1 Å². The molecular formula is C23H18FN3O5S. The maximum Gasteiger partial charge on any atom is 0.345 e. The molecule has 2 aromatic carbocycles. The summed E-state index contributed by atoms with van der Waals surface area (Å²) < 4.78 is 24.8. The van der Waals surface area contributed by atoms with Crippen molar-refractivity contribution in [3.05, 3.63) is 75.9 Å². The first kappa shape index (κ1) is 22.2. The lowest BCUT2D eigenvalue weighted by Gasteiger charge is -2.13. The van der Waals surface area contributed by atoms with Crippen LogP contribution in [0.2, 0.25) is 0 Å². The van der Waals surface area contributed by atoms with Crippen LogP contribution in [0.3, 0.4) is 0 Å². The second-order valence-electron chi connectivity index (χ2n) is 7.19. The molecule has 2 heterocycles. The lowest BCUT2D eigenvalue weighted by Crippen LogP contribution is -2.08. The van der Waals surface area contributed by atoms with Crippen molar-refractivity contribution < 1.29 is 23.3 Å². The number of thiazole rings is 1. The predicted molar refractivity (Wildman–Crippen MR) is 124 cm³/mol. The number of hydrogen-bond donors (Lipinski definition) is 1. The van der Waals surface area contributed by atoms with Crippen molar-refractivity contribution in [3.63, 3.8) is 0 Å². The molecule has 1 amide bonds. The number of carbonyl (C=O) groups excluding carboxylic acids is 1. The average molecular weight is 467 g/mol. The van der Waals surface area contributed by atoms with Gasteiger partial charge in [-0.1, -0.05) is 12.1 Å². The van der Waals surface area contributed by atoms with E-state index in [2.05, 4.69) is 10.3 Å². The molecule has 0 saturated carbocycles. The lowest BCUT2D eigenvalue weighted by atomic mass is 9.96. The Balaban J connectivity index is 1.73. The first-order chi connectivity index (χ1) is 15.8. The van der Waals surface area contributed by atoms with Crippen LogP contribution in [0.15, 0.2) is 53.3 Å². The molecule has 0 aliphatic carbocycles. The number of nitro groups is 1. The monoisotopic (exact) mass is 467 g/mol. The minimum Gasteiger partial charge on any atom is -0.496 e. The van der Waals surface area contributed by atoms with E-state index in [-0.39, 0.29) is 15.9 Å². The predicted octanol–water partition coefficient (Wildman–Crippen LogP) is 5.96. The standard InChI is InChI=1S/C23H18FN3O5S/c1-12(8-19(28)26-23-25-10-20(33-23)27(29)30)16-9-17-18(14-4-6-15(24)7-5-14)11-32-22(17)13(2)21(16)31-3/h4-11H,1-3H3,(H,25,26,28)/b12-8+. The average Bonchev–Trinajstić information content (AvgIpc) is 3.41. The number of aryl methyl sites for hydroxylation is 1. The molecule has 0 radical (unpaired) electrons. The van der Waals surface area contributed by atoms with Gasteiger partial charge in [0.25, 0.3) is 0 Å². The molecule has 1 N–H and O–H groups in total. The number of nitrogens with zero attached hydrogens (tertiary/aromatic N) is 2. The van der Waals surface area contributed by atoms with Gasteiger partial charge >= 0.3 is 5.00 Å². The Morgan fingerprint density at radius 2 is 2.06 bits per heavy atom. The van der Waals surface area contributed by atoms with E-state index in [1.807, 2.05) is 13.0 Å². The Labute approximate surface area is 191 Å². The molecule has 0 aliphatic rings. The number of methoxy groups -OCH3 is 1. The van der Waals surface area contributed by atoms with Crippen molar-refractivity contribution in [2.45, 2.75) is 13.8 Å². The maximum absolute atomic E-state index is 13.4. The summed E-state index contributed by atoms with van der Waals surface area (Å²) in [5.74, 6) is -0.267. The largest absolute Gasteiger partial charge is 0.496 e. The third-order valence-electron chi connectivity index (χ3n) is 5.08. The van der Waals surface area contributed by atoms with Gasteiger partial charge in [0.15, 0.2) is 5.13 Å². The zero-order valence-corrected chi connectivity index (χ0v) is 18.7. The van der Waals surface area contributed by atoms with Gasteiger partial charge < -0.3 is 9.15 Å². The molecule has 0 unspecified atom stereocenters. The van der Waals surface area contributed by atoms with Crippen molar-refractivity contribution in [3.8, 4) is 16.9 Å². The third kappa shape index (κ3) is 4.33. The SMILES string of the molecule is COc1c(/C(C)=C/C(=O)Nc2ncc([N+](=O)[O-])s2)cc2c(-c3ccc(F)cc3)coc2c1C. The summed E-state index contributed by atoms with van der Waals surface area (Å²) in [6, 6.07) is 7.95. The minimum atomic E-state index is -0.569. The number of furan rings is 1. The van der Waals surface area contributed by atoms with Gasteiger partial charge in [-0.3, -0.25) is 20.2 Å². The number of nitrogens with one attached hydrogen (secondary N) is 1. The van der Waals surface area contributed by atoms with Crippen molar-refractivity contribution in [2.75, 3.05) is 12.4 Å². The molecule has 168 valence electrons. The molecule has 0 bridgehead atoms. The molecule has 0 spiro atoms. The van der Waals surface area contributed by atoms with Gasteiger partial charge in [0.1, 0.15) is 23.3 Å². The Kier molecular flexibility index (Phi) is 5.93. The van der Waals surface area contributed by atoms with Gasteiger partial charge in [0.2, 0.25) is 5.91 Å².